The Labute approximate surface area is 137 Å². The first kappa shape index (κ1) is 14.9. The predicted molar refractivity (Wildman–Crippen MR) is 86.8 cm³/mol. The monoisotopic (exact) mass is 330 g/mol. The summed E-state index contributed by atoms with van der Waals surface area (Å²) in [6.45, 7) is 1.15. The molecule has 0 radical (unpaired) electrons. The molecule has 1 aromatic heterocycles. The van der Waals surface area contributed by atoms with Gasteiger partial charge in [0.15, 0.2) is 0 Å². The number of aromatic nitrogens is 2. The number of fused-ring (bicyclic) bond motifs is 1. The van der Waals surface area contributed by atoms with E-state index in [1.165, 1.54) is 9.13 Å². The average Bonchev–Trinajstić information content (AvgIpc) is 2.76. The van der Waals surface area contributed by atoms with E-state index < -0.39 is 11.9 Å². The summed E-state index contributed by atoms with van der Waals surface area (Å²) in [4.78, 5) is 38.1. The normalized spacial score (nSPS) is 21.9. The molecule has 0 saturated carbocycles. The zero-order chi connectivity index (χ0) is 17.0. The second-order valence-corrected chi connectivity index (χ2v) is 6.41. The van der Waals surface area contributed by atoms with Crippen molar-refractivity contribution in [3.8, 4) is 0 Å². The van der Waals surface area contributed by atoms with Crippen molar-refractivity contribution in [1.82, 2.24) is 14.5 Å². The molecule has 8 heteroatoms. The summed E-state index contributed by atoms with van der Waals surface area (Å²) in [6.07, 6.45) is 0.241. The largest absolute Gasteiger partial charge is 0.389 e. The number of carbonyl (C=O) groups excluding carboxylic acids is 2. The van der Waals surface area contributed by atoms with Gasteiger partial charge in [0, 0.05) is 32.2 Å². The molecule has 4 rings (SSSR count). The number of nitrogens with one attached hydrogen (secondary N) is 1. The van der Waals surface area contributed by atoms with Gasteiger partial charge in [-0.3, -0.25) is 24.0 Å². The molecule has 0 spiro atoms. The van der Waals surface area contributed by atoms with E-state index in [9.17, 15) is 19.5 Å². The number of aliphatic hydroxyl groups excluding tert-OH is 1. The van der Waals surface area contributed by atoms with Gasteiger partial charge >= 0.3 is 5.69 Å². The second kappa shape index (κ2) is 5.20. The molecule has 8 nitrogen and oxygen atoms in total. The second-order valence-electron chi connectivity index (χ2n) is 6.41. The van der Waals surface area contributed by atoms with Gasteiger partial charge in [-0.05, 0) is 24.6 Å². The summed E-state index contributed by atoms with van der Waals surface area (Å²) >= 11 is 0. The van der Waals surface area contributed by atoms with Crippen molar-refractivity contribution in [2.75, 3.05) is 18.0 Å². The molecule has 1 atom stereocenters. The number of carbonyl (C=O) groups is 2. The minimum absolute atomic E-state index is 0.225. The SMILES string of the molecule is Cn1c(=O)n(C2CCC(=O)NC2=O)c2ccc(N3CC(O)C3)cc21. The number of hydrogen-bond acceptors (Lipinski definition) is 5. The Hall–Kier alpha value is -2.61. The van der Waals surface area contributed by atoms with Crippen LogP contribution < -0.4 is 15.9 Å². The highest BCUT2D eigenvalue weighted by Crippen LogP contribution is 2.28. The fourth-order valence-electron chi connectivity index (χ4n) is 3.44. The smallest absolute Gasteiger partial charge is 0.329 e. The van der Waals surface area contributed by atoms with E-state index in [4.69, 9.17) is 0 Å². The van der Waals surface area contributed by atoms with E-state index in [2.05, 4.69) is 5.32 Å². The van der Waals surface area contributed by atoms with E-state index in [0.29, 0.717) is 25.0 Å². The molecule has 2 saturated heterocycles. The van der Waals surface area contributed by atoms with Crippen molar-refractivity contribution < 1.29 is 14.7 Å². The van der Waals surface area contributed by atoms with Gasteiger partial charge in [0.2, 0.25) is 11.8 Å². The molecule has 1 aromatic carbocycles. The third-order valence-electron chi connectivity index (χ3n) is 4.82. The highest BCUT2D eigenvalue weighted by atomic mass is 16.3. The van der Waals surface area contributed by atoms with Crippen molar-refractivity contribution in [3.05, 3.63) is 28.7 Å². The number of piperidine rings is 1. The van der Waals surface area contributed by atoms with E-state index in [-0.39, 0.29) is 24.1 Å². The summed E-state index contributed by atoms with van der Waals surface area (Å²) in [5.41, 5.74) is 2.05. The summed E-state index contributed by atoms with van der Waals surface area (Å²) < 4.78 is 2.98. The fourth-order valence-corrected chi connectivity index (χ4v) is 3.44. The summed E-state index contributed by atoms with van der Waals surface area (Å²) in [5, 5.41) is 11.7. The quantitative estimate of drug-likeness (QED) is 0.724. The molecular weight excluding hydrogens is 312 g/mol. The maximum Gasteiger partial charge on any atom is 0.329 e. The van der Waals surface area contributed by atoms with Gasteiger partial charge in [-0.15, -0.1) is 0 Å². The lowest BCUT2D eigenvalue weighted by Crippen LogP contribution is -2.50. The van der Waals surface area contributed by atoms with Gasteiger partial charge < -0.3 is 10.0 Å². The molecule has 0 aliphatic carbocycles. The van der Waals surface area contributed by atoms with Crippen molar-refractivity contribution in [1.29, 1.82) is 0 Å². The Morgan fingerprint density at radius 3 is 2.58 bits per heavy atom. The number of aliphatic hydroxyl groups is 1. The van der Waals surface area contributed by atoms with Crippen LogP contribution in [0.2, 0.25) is 0 Å². The molecule has 24 heavy (non-hydrogen) atoms. The molecule has 2 aromatic rings. The van der Waals surface area contributed by atoms with Crippen LogP contribution in [0.25, 0.3) is 11.0 Å². The fraction of sp³-hybridized carbons (Fsp3) is 0.438. The van der Waals surface area contributed by atoms with E-state index in [0.717, 1.165) is 11.2 Å². The maximum absolute atomic E-state index is 12.6. The summed E-state index contributed by atoms with van der Waals surface area (Å²) in [7, 11) is 1.67. The zero-order valence-electron chi connectivity index (χ0n) is 13.2. The van der Waals surface area contributed by atoms with Gasteiger partial charge in [0.25, 0.3) is 0 Å². The van der Waals surface area contributed by atoms with Crippen molar-refractivity contribution in [2.45, 2.75) is 25.0 Å². The van der Waals surface area contributed by atoms with Crippen LogP contribution in [0.1, 0.15) is 18.9 Å². The van der Waals surface area contributed by atoms with Crippen LogP contribution in [-0.2, 0) is 16.6 Å². The lowest BCUT2D eigenvalue weighted by atomic mass is 10.1. The minimum atomic E-state index is -0.671. The molecule has 2 aliphatic heterocycles. The Morgan fingerprint density at radius 1 is 1.17 bits per heavy atom. The Kier molecular flexibility index (Phi) is 3.24. The van der Waals surface area contributed by atoms with Gasteiger partial charge in [0.1, 0.15) is 6.04 Å². The third-order valence-corrected chi connectivity index (χ3v) is 4.82. The van der Waals surface area contributed by atoms with Crippen LogP contribution in [-0.4, -0.2) is 45.2 Å². The van der Waals surface area contributed by atoms with Gasteiger partial charge in [-0.2, -0.15) is 0 Å². The van der Waals surface area contributed by atoms with Crippen molar-refractivity contribution in [3.63, 3.8) is 0 Å². The van der Waals surface area contributed by atoms with Crippen LogP contribution in [0.4, 0.5) is 5.69 Å². The first-order chi connectivity index (χ1) is 11.5. The first-order valence-electron chi connectivity index (χ1n) is 7.93. The number of rotatable bonds is 2. The molecule has 0 bridgehead atoms. The number of anilines is 1. The van der Waals surface area contributed by atoms with Gasteiger partial charge in [-0.25, -0.2) is 4.79 Å². The highest BCUT2D eigenvalue weighted by molar-refractivity contribution is 6.00. The number of imidazole rings is 1. The standard InChI is InChI=1S/C16H18N4O4/c1-18-13-6-9(19-7-10(21)8-19)2-3-11(13)20(16(18)24)12-4-5-14(22)17-15(12)23/h2-3,6,10,12,21H,4-5,7-8H2,1H3,(H,17,22,23). The predicted octanol–water partition coefficient (Wildman–Crippen LogP) is -0.501. The Bertz CT molecular complexity index is 907. The number of nitrogens with zero attached hydrogens (tertiary/aromatic N) is 3. The van der Waals surface area contributed by atoms with Crippen LogP contribution in [0.15, 0.2) is 23.0 Å². The van der Waals surface area contributed by atoms with E-state index in [1.54, 1.807) is 7.05 Å². The number of hydrogen-bond donors (Lipinski definition) is 2. The van der Waals surface area contributed by atoms with Gasteiger partial charge in [-0.1, -0.05) is 0 Å². The molecule has 3 heterocycles. The number of β-amino-alcohol motifs (C(OH)–C–C–N with tert-alkyl or cyclic N) is 1. The zero-order valence-corrected chi connectivity index (χ0v) is 13.2. The summed E-state index contributed by atoms with van der Waals surface area (Å²) in [6, 6.07) is 4.93. The number of aryl methyl sites for hydroxylation is 1. The van der Waals surface area contributed by atoms with Crippen LogP contribution in [0.5, 0.6) is 0 Å². The highest BCUT2D eigenvalue weighted by Gasteiger charge is 2.31. The molecular formula is C16H18N4O4. The minimum Gasteiger partial charge on any atom is -0.389 e. The molecule has 2 amide bonds. The average molecular weight is 330 g/mol. The third kappa shape index (κ3) is 2.14. The Balaban J connectivity index is 1.79. The van der Waals surface area contributed by atoms with Crippen LogP contribution in [0.3, 0.4) is 0 Å². The lowest BCUT2D eigenvalue weighted by molar-refractivity contribution is -0.135. The number of benzene rings is 1. The molecule has 126 valence electrons. The molecule has 1 unspecified atom stereocenters. The van der Waals surface area contributed by atoms with Gasteiger partial charge in [0.05, 0.1) is 17.1 Å². The molecule has 2 fully saturated rings. The van der Waals surface area contributed by atoms with E-state index >= 15 is 0 Å². The number of amides is 2. The van der Waals surface area contributed by atoms with Crippen LogP contribution >= 0.6 is 0 Å². The van der Waals surface area contributed by atoms with Crippen molar-refractivity contribution in [2.24, 2.45) is 7.05 Å². The Morgan fingerprint density at radius 2 is 1.92 bits per heavy atom. The topological polar surface area (TPSA) is 96.6 Å². The molecule has 2 N–H and O–H groups in total. The molecule has 2 aliphatic rings. The first-order valence-corrected chi connectivity index (χ1v) is 7.93. The summed E-state index contributed by atoms with van der Waals surface area (Å²) in [5.74, 6) is -0.737. The van der Waals surface area contributed by atoms with E-state index in [1.807, 2.05) is 23.1 Å². The number of imide groups is 1. The maximum atomic E-state index is 12.6. The van der Waals surface area contributed by atoms with Crippen molar-refractivity contribution >= 4 is 28.5 Å². The lowest BCUT2D eigenvalue weighted by Gasteiger charge is -2.37. The van der Waals surface area contributed by atoms with Crippen LogP contribution in [0, 0.1) is 0 Å².